The molecule has 0 radical (unpaired) electrons. The molecule has 98 valence electrons. The lowest BCUT2D eigenvalue weighted by Gasteiger charge is -2.28. The zero-order valence-electron chi connectivity index (χ0n) is 11.3. The van der Waals surface area contributed by atoms with Crippen molar-refractivity contribution in [3.63, 3.8) is 0 Å². The number of hydrogen-bond donors (Lipinski definition) is 1. The van der Waals surface area contributed by atoms with Crippen molar-refractivity contribution in [3.8, 4) is 0 Å². The van der Waals surface area contributed by atoms with Crippen molar-refractivity contribution >= 4 is 5.57 Å². The number of allylic oxidation sites excluding steroid dienone is 5. The Morgan fingerprint density at radius 2 is 1.84 bits per heavy atom. The van der Waals surface area contributed by atoms with E-state index in [0.717, 1.165) is 5.57 Å². The monoisotopic (exact) mass is 251 g/mol. The van der Waals surface area contributed by atoms with Gasteiger partial charge in [-0.3, -0.25) is 0 Å². The van der Waals surface area contributed by atoms with E-state index in [4.69, 9.17) is 0 Å². The maximum absolute atomic E-state index is 3.90. The van der Waals surface area contributed by atoms with Crippen molar-refractivity contribution in [1.29, 1.82) is 0 Å². The Bertz CT molecular complexity index is 490. The fraction of sp³-hybridized carbons (Fsp3) is 0.222. The van der Waals surface area contributed by atoms with Crippen molar-refractivity contribution in [2.24, 2.45) is 5.92 Å². The standard InChI is InChI=1S/C18H21N/c1-3-15(16-9-6-5-7-10-16)13-14-18(19-4-2)17-11-8-12-17/h3-7,9-10,13-14,17,19H,1-2,8,11-12H2/b15-13-,18-14-. The van der Waals surface area contributed by atoms with Crippen molar-refractivity contribution < 1.29 is 0 Å². The normalized spacial score (nSPS) is 16.6. The van der Waals surface area contributed by atoms with Crippen LogP contribution in [0.1, 0.15) is 24.8 Å². The quantitative estimate of drug-likeness (QED) is 0.724. The van der Waals surface area contributed by atoms with Crippen LogP contribution < -0.4 is 5.32 Å². The van der Waals surface area contributed by atoms with E-state index in [0.29, 0.717) is 5.92 Å². The molecule has 0 unspecified atom stereocenters. The third-order valence-corrected chi connectivity index (χ3v) is 3.58. The molecule has 2 rings (SSSR count). The smallest absolute Gasteiger partial charge is 0.0178 e. The van der Waals surface area contributed by atoms with Crippen molar-refractivity contribution in [1.82, 2.24) is 5.32 Å². The van der Waals surface area contributed by atoms with Crippen molar-refractivity contribution in [2.75, 3.05) is 0 Å². The van der Waals surface area contributed by atoms with Gasteiger partial charge in [0.25, 0.3) is 0 Å². The topological polar surface area (TPSA) is 12.0 Å². The van der Waals surface area contributed by atoms with Gasteiger partial charge >= 0.3 is 0 Å². The average molecular weight is 251 g/mol. The van der Waals surface area contributed by atoms with E-state index in [1.165, 1.54) is 30.5 Å². The van der Waals surface area contributed by atoms with Gasteiger partial charge in [0.15, 0.2) is 0 Å². The number of benzene rings is 1. The zero-order valence-corrected chi connectivity index (χ0v) is 11.3. The van der Waals surface area contributed by atoms with Gasteiger partial charge in [-0.25, -0.2) is 0 Å². The number of nitrogens with one attached hydrogen (secondary N) is 1. The lowest BCUT2D eigenvalue weighted by atomic mass is 9.82. The molecule has 1 saturated carbocycles. The Kier molecular flexibility index (Phi) is 4.79. The summed E-state index contributed by atoms with van der Waals surface area (Å²) in [5, 5.41) is 3.26. The summed E-state index contributed by atoms with van der Waals surface area (Å²) in [7, 11) is 0. The minimum atomic E-state index is 0.663. The molecule has 0 atom stereocenters. The van der Waals surface area contributed by atoms with Crippen LogP contribution in [0, 0.1) is 5.92 Å². The van der Waals surface area contributed by atoms with Crippen LogP contribution in [0.4, 0.5) is 0 Å². The molecule has 1 nitrogen and oxygen atoms in total. The molecule has 1 heteroatoms. The molecule has 0 bridgehead atoms. The molecular formula is C18H21N. The highest BCUT2D eigenvalue weighted by Crippen LogP contribution is 2.32. The Hall–Kier alpha value is -2.02. The number of rotatable bonds is 6. The average Bonchev–Trinajstić information content (AvgIpc) is 2.39. The van der Waals surface area contributed by atoms with Crippen molar-refractivity contribution in [2.45, 2.75) is 19.3 Å². The summed E-state index contributed by atoms with van der Waals surface area (Å²) < 4.78 is 0. The second-order valence-electron chi connectivity index (χ2n) is 4.79. The summed E-state index contributed by atoms with van der Waals surface area (Å²) in [5.41, 5.74) is 3.60. The first-order valence-electron chi connectivity index (χ1n) is 6.82. The summed E-state index contributed by atoms with van der Waals surface area (Å²) in [6.45, 7) is 7.66. The predicted molar refractivity (Wildman–Crippen MR) is 83.4 cm³/mol. The maximum atomic E-state index is 3.90. The molecule has 0 aliphatic heterocycles. The van der Waals surface area contributed by atoms with Gasteiger partial charge in [-0.1, -0.05) is 62.1 Å². The minimum absolute atomic E-state index is 0.663. The largest absolute Gasteiger partial charge is 0.365 e. The molecule has 0 heterocycles. The molecule has 0 saturated heterocycles. The van der Waals surface area contributed by atoms with Crippen LogP contribution >= 0.6 is 0 Å². The molecule has 1 aromatic carbocycles. The van der Waals surface area contributed by atoms with Gasteiger partial charge < -0.3 is 5.32 Å². The molecule has 0 amide bonds. The van der Waals surface area contributed by atoms with Gasteiger partial charge in [-0.15, -0.1) is 0 Å². The first kappa shape index (κ1) is 13.4. The second-order valence-corrected chi connectivity index (χ2v) is 4.79. The Morgan fingerprint density at radius 3 is 2.37 bits per heavy atom. The van der Waals surface area contributed by atoms with E-state index >= 15 is 0 Å². The zero-order chi connectivity index (χ0) is 13.5. The highest BCUT2D eigenvalue weighted by molar-refractivity contribution is 5.74. The summed E-state index contributed by atoms with van der Waals surface area (Å²) in [6, 6.07) is 10.3. The van der Waals surface area contributed by atoms with E-state index in [9.17, 15) is 0 Å². The molecule has 1 aliphatic rings. The maximum Gasteiger partial charge on any atom is 0.0178 e. The van der Waals surface area contributed by atoms with Gasteiger partial charge in [0.1, 0.15) is 0 Å². The van der Waals surface area contributed by atoms with Crippen molar-refractivity contribution in [3.05, 3.63) is 79.2 Å². The fourth-order valence-corrected chi connectivity index (χ4v) is 2.23. The molecule has 1 aliphatic carbocycles. The third-order valence-electron chi connectivity index (χ3n) is 3.58. The van der Waals surface area contributed by atoms with E-state index in [1.807, 2.05) is 24.3 Å². The van der Waals surface area contributed by atoms with Gasteiger partial charge in [-0.05, 0) is 42.2 Å². The van der Waals surface area contributed by atoms with Gasteiger partial charge in [0, 0.05) is 5.70 Å². The molecule has 1 aromatic rings. The number of hydrogen-bond acceptors (Lipinski definition) is 1. The second kappa shape index (κ2) is 6.79. The summed E-state index contributed by atoms with van der Waals surface area (Å²) >= 11 is 0. The van der Waals surface area contributed by atoms with Gasteiger partial charge in [0.05, 0.1) is 0 Å². The first-order valence-corrected chi connectivity index (χ1v) is 6.82. The summed E-state index contributed by atoms with van der Waals surface area (Å²) in [6.07, 6.45) is 11.8. The van der Waals surface area contributed by atoms with E-state index < -0.39 is 0 Å². The predicted octanol–water partition coefficient (Wildman–Crippen LogP) is 4.67. The van der Waals surface area contributed by atoms with Crippen LogP contribution in [0.5, 0.6) is 0 Å². The summed E-state index contributed by atoms with van der Waals surface area (Å²) in [5.74, 6) is 0.663. The molecule has 19 heavy (non-hydrogen) atoms. The van der Waals surface area contributed by atoms with Crippen LogP contribution in [0.2, 0.25) is 0 Å². The summed E-state index contributed by atoms with van der Waals surface area (Å²) in [4.78, 5) is 0. The van der Waals surface area contributed by atoms with E-state index in [2.05, 4.69) is 42.8 Å². The van der Waals surface area contributed by atoms with Crippen LogP contribution in [-0.2, 0) is 0 Å². The molecule has 0 spiro atoms. The highest BCUT2D eigenvalue weighted by Gasteiger charge is 2.20. The molecule has 1 fully saturated rings. The van der Waals surface area contributed by atoms with Gasteiger partial charge in [-0.2, -0.15) is 0 Å². The fourth-order valence-electron chi connectivity index (χ4n) is 2.23. The minimum Gasteiger partial charge on any atom is -0.365 e. The molecule has 1 N–H and O–H groups in total. The van der Waals surface area contributed by atoms with Crippen LogP contribution in [0.15, 0.2) is 73.6 Å². The third kappa shape index (κ3) is 3.47. The Morgan fingerprint density at radius 1 is 1.11 bits per heavy atom. The van der Waals surface area contributed by atoms with Crippen LogP contribution in [0.25, 0.3) is 5.57 Å². The molecule has 0 aromatic heterocycles. The SMILES string of the molecule is C=CN/C(=C\C=C(\C=C)c1ccccc1)C1CCC1. The van der Waals surface area contributed by atoms with Crippen LogP contribution in [-0.4, -0.2) is 0 Å². The van der Waals surface area contributed by atoms with Crippen LogP contribution in [0.3, 0.4) is 0 Å². The molecular weight excluding hydrogens is 230 g/mol. The van der Waals surface area contributed by atoms with E-state index in [-0.39, 0.29) is 0 Å². The Labute approximate surface area is 116 Å². The lowest BCUT2D eigenvalue weighted by Crippen LogP contribution is -2.21. The Balaban J connectivity index is 2.21. The van der Waals surface area contributed by atoms with Gasteiger partial charge in [0.2, 0.25) is 0 Å². The van der Waals surface area contributed by atoms with E-state index in [1.54, 1.807) is 6.20 Å². The highest BCUT2D eigenvalue weighted by atomic mass is 14.9. The first-order chi connectivity index (χ1) is 9.35. The lowest BCUT2D eigenvalue weighted by molar-refractivity contribution is 0.357.